The Kier molecular flexibility index (Phi) is 7.35. The maximum atomic E-state index is 5.92. The van der Waals surface area contributed by atoms with Crippen LogP contribution < -0.4 is 5.32 Å². The van der Waals surface area contributed by atoms with E-state index in [1.54, 1.807) is 0 Å². The van der Waals surface area contributed by atoms with Gasteiger partial charge in [-0.2, -0.15) is 0 Å². The van der Waals surface area contributed by atoms with E-state index < -0.39 is 0 Å². The van der Waals surface area contributed by atoms with Crippen LogP contribution in [0.25, 0.3) is 0 Å². The van der Waals surface area contributed by atoms with Crippen molar-refractivity contribution < 1.29 is 4.43 Å². The summed E-state index contributed by atoms with van der Waals surface area (Å²) in [5.74, 6) is 0. The molecule has 4 heteroatoms. The molecule has 0 amide bonds. The molecule has 0 bridgehead atoms. The van der Waals surface area contributed by atoms with E-state index in [9.17, 15) is 0 Å². The van der Waals surface area contributed by atoms with E-state index in [4.69, 9.17) is 4.43 Å². The van der Waals surface area contributed by atoms with Crippen LogP contribution in [0.2, 0.25) is 0 Å². The van der Waals surface area contributed by atoms with Crippen molar-refractivity contribution in [3.8, 4) is 0 Å². The van der Waals surface area contributed by atoms with Gasteiger partial charge in [0.05, 0.1) is 5.60 Å². The second-order valence-electron chi connectivity index (χ2n) is 5.19. The zero-order valence-corrected chi connectivity index (χ0v) is 13.9. The van der Waals surface area contributed by atoms with Gasteiger partial charge in [0.25, 0.3) is 0 Å². The average molecular weight is 258 g/mol. The molecule has 0 saturated carbocycles. The third kappa shape index (κ3) is 5.08. The minimum Gasteiger partial charge on any atom is -0.422 e. The molecule has 0 spiro atoms. The molecule has 1 aliphatic heterocycles. The molecule has 17 heavy (non-hydrogen) atoms. The lowest BCUT2D eigenvalue weighted by atomic mass is 9.90. The highest BCUT2D eigenvalue weighted by molar-refractivity contribution is 5.98. The Bertz CT molecular complexity index is 192. The molecule has 3 nitrogen and oxygen atoms in total. The minimum absolute atomic E-state index is 0.203. The second-order valence-corrected chi connectivity index (χ2v) is 5.59. The minimum atomic E-state index is 0.203. The normalized spacial score (nSPS) is 21.5. The molecule has 1 fully saturated rings. The molecule has 1 heterocycles. The first kappa shape index (κ1) is 15.2. The smallest absolute Gasteiger partial charge is 0.146 e. The SMILES string of the molecule is CCCC(CC)(CCCN1CCNCC1)O[SiH3]. The van der Waals surface area contributed by atoms with Crippen molar-refractivity contribution >= 4 is 10.5 Å². The van der Waals surface area contributed by atoms with Gasteiger partial charge in [0.15, 0.2) is 0 Å². The highest BCUT2D eigenvalue weighted by atomic mass is 28.2. The molecule has 1 atom stereocenters. The van der Waals surface area contributed by atoms with Gasteiger partial charge in [0.2, 0.25) is 0 Å². The van der Waals surface area contributed by atoms with Gasteiger partial charge in [0.1, 0.15) is 10.5 Å². The molecule has 1 saturated heterocycles. The first-order chi connectivity index (χ1) is 8.26. The van der Waals surface area contributed by atoms with Gasteiger partial charge in [-0.1, -0.05) is 20.3 Å². The lowest BCUT2D eigenvalue weighted by Gasteiger charge is -2.34. The fourth-order valence-corrected chi connectivity index (χ4v) is 3.54. The third-order valence-corrected chi connectivity index (χ3v) is 4.97. The summed E-state index contributed by atoms with van der Waals surface area (Å²) >= 11 is 0. The Hall–Kier alpha value is 0.0969. The first-order valence-corrected chi connectivity index (χ1v) is 8.06. The van der Waals surface area contributed by atoms with Gasteiger partial charge in [-0.3, -0.25) is 0 Å². The van der Waals surface area contributed by atoms with E-state index in [1.165, 1.54) is 51.7 Å². The van der Waals surface area contributed by atoms with Crippen LogP contribution in [-0.4, -0.2) is 53.7 Å². The predicted octanol–water partition coefficient (Wildman–Crippen LogP) is 0.918. The summed E-state index contributed by atoms with van der Waals surface area (Å²) in [5.41, 5.74) is 0.203. The lowest BCUT2D eigenvalue weighted by Crippen LogP contribution is -2.44. The monoisotopic (exact) mass is 258 g/mol. The van der Waals surface area contributed by atoms with Crippen LogP contribution in [0, 0.1) is 0 Å². The Labute approximate surface area is 110 Å². The molecule has 1 N–H and O–H groups in total. The number of rotatable bonds is 8. The average Bonchev–Trinajstić information content (AvgIpc) is 2.39. The van der Waals surface area contributed by atoms with E-state index in [2.05, 4.69) is 24.1 Å². The van der Waals surface area contributed by atoms with Gasteiger partial charge in [0, 0.05) is 26.2 Å². The van der Waals surface area contributed by atoms with Crippen LogP contribution in [0.5, 0.6) is 0 Å². The Morgan fingerprint density at radius 1 is 1.24 bits per heavy atom. The van der Waals surface area contributed by atoms with E-state index in [1.807, 2.05) is 0 Å². The van der Waals surface area contributed by atoms with E-state index in [0.29, 0.717) is 0 Å². The Morgan fingerprint density at radius 3 is 2.47 bits per heavy atom. The largest absolute Gasteiger partial charge is 0.422 e. The number of piperazine rings is 1. The van der Waals surface area contributed by atoms with Crippen molar-refractivity contribution in [2.45, 2.75) is 51.6 Å². The maximum absolute atomic E-state index is 5.92. The molecule has 0 aliphatic carbocycles. The summed E-state index contributed by atoms with van der Waals surface area (Å²) in [6.45, 7) is 10.5. The van der Waals surface area contributed by atoms with Crippen LogP contribution in [0.4, 0.5) is 0 Å². The number of nitrogens with zero attached hydrogens (tertiary/aromatic N) is 1. The number of hydrogen-bond acceptors (Lipinski definition) is 3. The van der Waals surface area contributed by atoms with Crippen LogP contribution in [-0.2, 0) is 4.43 Å². The number of nitrogens with one attached hydrogen (secondary N) is 1. The molecule has 0 aromatic rings. The Morgan fingerprint density at radius 2 is 1.94 bits per heavy atom. The molecule has 102 valence electrons. The second kappa shape index (κ2) is 8.24. The third-order valence-electron chi connectivity index (χ3n) is 4.10. The van der Waals surface area contributed by atoms with Gasteiger partial charge in [-0.05, 0) is 32.2 Å². The number of hydrogen-bond donors (Lipinski definition) is 1. The summed E-state index contributed by atoms with van der Waals surface area (Å²) < 4.78 is 5.92. The van der Waals surface area contributed by atoms with E-state index in [-0.39, 0.29) is 5.60 Å². The van der Waals surface area contributed by atoms with Crippen LogP contribution in [0.1, 0.15) is 46.0 Å². The summed E-state index contributed by atoms with van der Waals surface area (Å²) in [6.07, 6.45) is 6.17. The van der Waals surface area contributed by atoms with Crippen LogP contribution in [0.3, 0.4) is 0 Å². The summed E-state index contributed by atoms with van der Waals surface area (Å²) in [7, 11) is 0.873. The van der Waals surface area contributed by atoms with Gasteiger partial charge >= 0.3 is 0 Å². The van der Waals surface area contributed by atoms with Crippen LogP contribution in [0.15, 0.2) is 0 Å². The van der Waals surface area contributed by atoms with Crippen molar-refractivity contribution in [3.05, 3.63) is 0 Å². The summed E-state index contributed by atoms with van der Waals surface area (Å²) in [4.78, 5) is 2.58. The lowest BCUT2D eigenvalue weighted by molar-refractivity contribution is 0.0492. The Balaban J connectivity index is 2.25. The van der Waals surface area contributed by atoms with Crippen molar-refractivity contribution in [2.75, 3.05) is 32.7 Å². The fourth-order valence-electron chi connectivity index (χ4n) is 2.84. The zero-order valence-electron chi connectivity index (χ0n) is 11.9. The van der Waals surface area contributed by atoms with Gasteiger partial charge in [-0.25, -0.2) is 0 Å². The molecular weight excluding hydrogens is 228 g/mol. The van der Waals surface area contributed by atoms with Crippen LogP contribution >= 0.6 is 0 Å². The quantitative estimate of drug-likeness (QED) is 0.655. The molecule has 1 rings (SSSR count). The van der Waals surface area contributed by atoms with Crippen molar-refractivity contribution in [1.82, 2.24) is 10.2 Å². The standard InChI is InChI=1S/C13H30N2OSi/c1-3-6-13(4-2,16-17)7-5-10-15-11-8-14-9-12-15/h14H,3-12H2,1-2,17H3. The van der Waals surface area contributed by atoms with Crippen molar-refractivity contribution in [1.29, 1.82) is 0 Å². The summed E-state index contributed by atoms with van der Waals surface area (Å²) in [5, 5.41) is 3.40. The highest BCUT2D eigenvalue weighted by Crippen LogP contribution is 2.27. The highest BCUT2D eigenvalue weighted by Gasteiger charge is 2.25. The molecular formula is C13H30N2OSi. The first-order valence-electron chi connectivity index (χ1n) is 7.24. The molecule has 1 unspecified atom stereocenters. The zero-order chi connectivity index (χ0) is 12.6. The molecule has 0 radical (unpaired) electrons. The van der Waals surface area contributed by atoms with Gasteiger partial charge < -0.3 is 14.6 Å². The topological polar surface area (TPSA) is 24.5 Å². The predicted molar refractivity (Wildman–Crippen MR) is 77.5 cm³/mol. The summed E-state index contributed by atoms with van der Waals surface area (Å²) in [6, 6.07) is 0. The molecule has 0 aromatic heterocycles. The van der Waals surface area contributed by atoms with E-state index >= 15 is 0 Å². The molecule has 1 aliphatic rings. The van der Waals surface area contributed by atoms with Gasteiger partial charge in [-0.15, -0.1) is 0 Å². The van der Waals surface area contributed by atoms with Crippen molar-refractivity contribution in [3.63, 3.8) is 0 Å². The maximum Gasteiger partial charge on any atom is 0.146 e. The molecule has 0 aromatic carbocycles. The van der Waals surface area contributed by atoms with Crippen molar-refractivity contribution in [2.24, 2.45) is 0 Å². The van der Waals surface area contributed by atoms with E-state index in [0.717, 1.165) is 23.6 Å². The fraction of sp³-hybridized carbons (Fsp3) is 1.00.